The first-order valence-electron chi connectivity index (χ1n) is 6.09. The number of carbonyl (C=O) groups is 1. The van der Waals surface area contributed by atoms with Crippen molar-refractivity contribution in [2.75, 3.05) is 19.0 Å². The summed E-state index contributed by atoms with van der Waals surface area (Å²) in [5.41, 5.74) is 0.531. The number of amides is 1. The zero-order valence-corrected chi connectivity index (χ0v) is 11.5. The van der Waals surface area contributed by atoms with Crippen molar-refractivity contribution in [3.8, 4) is 0 Å². The molecule has 1 aromatic rings. The summed E-state index contributed by atoms with van der Waals surface area (Å²) in [6.45, 7) is 6.40. The van der Waals surface area contributed by atoms with Gasteiger partial charge < -0.3 is 15.4 Å². The van der Waals surface area contributed by atoms with Gasteiger partial charge in [-0.2, -0.15) is 0 Å². The van der Waals surface area contributed by atoms with E-state index in [4.69, 9.17) is 4.74 Å². The third-order valence-corrected chi connectivity index (χ3v) is 2.82. The molecule has 0 saturated heterocycles. The summed E-state index contributed by atoms with van der Waals surface area (Å²) < 4.78 is 5.29. The van der Waals surface area contributed by atoms with Gasteiger partial charge in [0.05, 0.1) is 11.6 Å². The van der Waals surface area contributed by atoms with E-state index in [1.165, 1.54) is 0 Å². The van der Waals surface area contributed by atoms with Crippen LogP contribution in [0.2, 0.25) is 0 Å². The first-order valence-corrected chi connectivity index (χ1v) is 6.09. The van der Waals surface area contributed by atoms with Crippen LogP contribution in [-0.2, 0) is 9.53 Å². The van der Waals surface area contributed by atoms with Gasteiger partial charge in [-0.1, -0.05) is 18.2 Å². The zero-order valence-electron chi connectivity index (χ0n) is 11.5. The molecule has 0 aromatic heterocycles. The molecule has 1 atom stereocenters. The minimum absolute atomic E-state index is 0.0481. The van der Waals surface area contributed by atoms with E-state index >= 15 is 0 Å². The lowest BCUT2D eigenvalue weighted by Crippen LogP contribution is -2.45. The van der Waals surface area contributed by atoms with Crippen LogP contribution < -0.4 is 10.6 Å². The number of hydrogen-bond donors (Lipinski definition) is 2. The molecule has 0 radical (unpaired) electrons. The Balaban J connectivity index is 2.43. The maximum absolute atomic E-state index is 11.9. The van der Waals surface area contributed by atoms with Crippen LogP contribution in [0.4, 0.5) is 5.69 Å². The Labute approximate surface area is 109 Å². The molecule has 1 unspecified atom stereocenters. The number of benzene rings is 1. The van der Waals surface area contributed by atoms with E-state index in [1.807, 2.05) is 51.1 Å². The fourth-order valence-corrected chi connectivity index (χ4v) is 1.34. The number of para-hydroxylation sites is 1. The molecule has 0 spiro atoms. The van der Waals surface area contributed by atoms with Crippen LogP contribution in [0.15, 0.2) is 30.3 Å². The third kappa shape index (κ3) is 4.85. The topological polar surface area (TPSA) is 50.4 Å². The molecule has 4 heteroatoms. The van der Waals surface area contributed by atoms with Crippen molar-refractivity contribution in [1.29, 1.82) is 0 Å². The predicted molar refractivity (Wildman–Crippen MR) is 73.6 cm³/mol. The molecule has 0 fully saturated rings. The minimum atomic E-state index is -0.277. The molecule has 0 saturated carbocycles. The summed E-state index contributed by atoms with van der Waals surface area (Å²) in [4.78, 5) is 11.9. The first-order chi connectivity index (χ1) is 8.44. The van der Waals surface area contributed by atoms with Gasteiger partial charge in [-0.05, 0) is 32.9 Å². The molecule has 18 heavy (non-hydrogen) atoms. The Morgan fingerprint density at radius 2 is 1.94 bits per heavy atom. The summed E-state index contributed by atoms with van der Waals surface area (Å²) in [5.74, 6) is -0.0481. The number of methoxy groups -OCH3 is 1. The number of hydrogen-bond acceptors (Lipinski definition) is 3. The van der Waals surface area contributed by atoms with Gasteiger partial charge in [0.25, 0.3) is 0 Å². The van der Waals surface area contributed by atoms with E-state index in [2.05, 4.69) is 10.6 Å². The smallest absolute Gasteiger partial charge is 0.241 e. The number of ether oxygens (including phenoxy) is 1. The first kappa shape index (κ1) is 14.7. The molecule has 0 aliphatic carbocycles. The van der Waals surface area contributed by atoms with Crippen LogP contribution >= 0.6 is 0 Å². The van der Waals surface area contributed by atoms with E-state index < -0.39 is 0 Å². The second-order valence-corrected chi connectivity index (χ2v) is 4.92. The van der Waals surface area contributed by atoms with Gasteiger partial charge >= 0.3 is 0 Å². The summed E-state index contributed by atoms with van der Waals surface area (Å²) in [6, 6.07) is 9.16. The standard InChI is InChI=1S/C14H22N2O2/c1-11(15-10-14(2,3)18-4)13(17)16-12-8-6-5-7-9-12/h5-9,11,15H,10H2,1-4H3,(H,16,17). The number of anilines is 1. The molecule has 1 rings (SSSR count). The van der Waals surface area contributed by atoms with Crippen molar-refractivity contribution >= 4 is 11.6 Å². The van der Waals surface area contributed by atoms with Crippen molar-refractivity contribution < 1.29 is 9.53 Å². The van der Waals surface area contributed by atoms with E-state index in [1.54, 1.807) is 7.11 Å². The fourth-order valence-electron chi connectivity index (χ4n) is 1.34. The van der Waals surface area contributed by atoms with Crippen molar-refractivity contribution in [2.24, 2.45) is 0 Å². The summed E-state index contributed by atoms with van der Waals surface area (Å²) in [7, 11) is 1.66. The van der Waals surface area contributed by atoms with Gasteiger partial charge in [0.2, 0.25) is 5.91 Å². The lowest BCUT2D eigenvalue weighted by molar-refractivity contribution is -0.118. The highest BCUT2D eigenvalue weighted by Crippen LogP contribution is 2.07. The molecule has 4 nitrogen and oxygen atoms in total. The van der Waals surface area contributed by atoms with Crippen LogP contribution in [0.25, 0.3) is 0 Å². The highest BCUT2D eigenvalue weighted by Gasteiger charge is 2.19. The molecule has 100 valence electrons. The average Bonchev–Trinajstić information content (AvgIpc) is 2.37. The molecule has 0 aliphatic rings. The van der Waals surface area contributed by atoms with Gasteiger partial charge in [-0.25, -0.2) is 0 Å². The van der Waals surface area contributed by atoms with Crippen molar-refractivity contribution in [3.05, 3.63) is 30.3 Å². The normalized spacial score (nSPS) is 13.1. The van der Waals surface area contributed by atoms with Crippen LogP contribution in [0.1, 0.15) is 20.8 Å². The monoisotopic (exact) mass is 250 g/mol. The van der Waals surface area contributed by atoms with Gasteiger partial charge in [0.1, 0.15) is 0 Å². The molecular weight excluding hydrogens is 228 g/mol. The van der Waals surface area contributed by atoms with Crippen LogP contribution in [-0.4, -0.2) is 31.2 Å². The predicted octanol–water partition coefficient (Wildman–Crippen LogP) is 2.03. The second-order valence-electron chi connectivity index (χ2n) is 4.92. The number of carbonyl (C=O) groups excluding carboxylic acids is 1. The molecule has 0 aliphatic heterocycles. The highest BCUT2D eigenvalue weighted by atomic mass is 16.5. The molecule has 2 N–H and O–H groups in total. The summed E-state index contributed by atoms with van der Waals surface area (Å²) in [6.07, 6.45) is 0. The van der Waals surface area contributed by atoms with Crippen molar-refractivity contribution in [1.82, 2.24) is 5.32 Å². The van der Waals surface area contributed by atoms with Crippen LogP contribution in [0.5, 0.6) is 0 Å². The lowest BCUT2D eigenvalue weighted by Gasteiger charge is -2.25. The molecule has 0 bridgehead atoms. The van der Waals surface area contributed by atoms with Crippen molar-refractivity contribution in [2.45, 2.75) is 32.4 Å². The second kappa shape index (κ2) is 6.52. The van der Waals surface area contributed by atoms with E-state index in [0.29, 0.717) is 6.54 Å². The Morgan fingerprint density at radius 3 is 2.50 bits per heavy atom. The van der Waals surface area contributed by atoms with E-state index in [0.717, 1.165) is 5.69 Å². The SMILES string of the molecule is COC(C)(C)CNC(C)C(=O)Nc1ccccc1. The summed E-state index contributed by atoms with van der Waals surface area (Å²) >= 11 is 0. The largest absolute Gasteiger partial charge is 0.377 e. The Morgan fingerprint density at radius 1 is 1.33 bits per heavy atom. The average molecular weight is 250 g/mol. The number of rotatable bonds is 6. The Bertz CT molecular complexity index is 377. The van der Waals surface area contributed by atoms with Crippen LogP contribution in [0.3, 0.4) is 0 Å². The molecule has 0 heterocycles. The minimum Gasteiger partial charge on any atom is -0.377 e. The van der Waals surface area contributed by atoms with Gasteiger partial charge in [0.15, 0.2) is 0 Å². The van der Waals surface area contributed by atoms with Gasteiger partial charge in [0, 0.05) is 19.3 Å². The van der Waals surface area contributed by atoms with Crippen molar-refractivity contribution in [3.63, 3.8) is 0 Å². The van der Waals surface area contributed by atoms with E-state index in [-0.39, 0.29) is 17.6 Å². The van der Waals surface area contributed by atoms with E-state index in [9.17, 15) is 4.79 Å². The Hall–Kier alpha value is -1.39. The fraction of sp³-hybridized carbons (Fsp3) is 0.500. The van der Waals surface area contributed by atoms with Gasteiger partial charge in [-0.3, -0.25) is 4.79 Å². The highest BCUT2D eigenvalue weighted by molar-refractivity contribution is 5.94. The molecule has 1 aromatic carbocycles. The molecule has 1 amide bonds. The molecular formula is C14H22N2O2. The maximum atomic E-state index is 11.9. The zero-order chi connectivity index (χ0) is 13.6. The lowest BCUT2D eigenvalue weighted by atomic mass is 10.1. The maximum Gasteiger partial charge on any atom is 0.241 e. The van der Waals surface area contributed by atoms with Gasteiger partial charge in [-0.15, -0.1) is 0 Å². The Kier molecular flexibility index (Phi) is 5.31. The third-order valence-electron chi connectivity index (χ3n) is 2.82. The van der Waals surface area contributed by atoms with Crippen LogP contribution in [0, 0.1) is 0 Å². The number of nitrogens with one attached hydrogen (secondary N) is 2. The quantitative estimate of drug-likeness (QED) is 0.812. The summed E-state index contributed by atoms with van der Waals surface area (Å²) in [5, 5.41) is 6.01.